The minimum absolute atomic E-state index is 0.0582. The van der Waals surface area contributed by atoms with Gasteiger partial charge in [0.25, 0.3) is 0 Å². The van der Waals surface area contributed by atoms with Gasteiger partial charge < -0.3 is 15.2 Å². The van der Waals surface area contributed by atoms with Gasteiger partial charge in [-0.25, -0.2) is 0 Å². The normalized spacial score (nSPS) is 19.2. The Morgan fingerprint density at radius 3 is 2.65 bits per heavy atom. The highest BCUT2D eigenvalue weighted by Crippen LogP contribution is 2.38. The van der Waals surface area contributed by atoms with Crippen molar-refractivity contribution in [2.45, 2.75) is 24.7 Å². The van der Waals surface area contributed by atoms with Crippen LogP contribution in [0.5, 0.6) is 5.75 Å². The van der Waals surface area contributed by atoms with Crippen LogP contribution in [0.2, 0.25) is 0 Å². The van der Waals surface area contributed by atoms with Crippen LogP contribution in [0.25, 0.3) is 11.1 Å². The Morgan fingerprint density at radius 2 is 1.83 bits per heavy atom. The second-order valence-corrected chi connectivity index (χ2v) is 6.56. The van der Waals surface area contributed by atoms with Crippen molar-refractivity contribution in [1.29, 1.82) is 0 Å². The van der Waals surface area contributed by atoms with Gasteiger partial charge in [0.2, 0.25) is 0 Å². The van der Waals surface area contributed by atoms with Crippen LogP contribution in [0, 0.1) is 0 Å². The molecule has 0 aromatic heterocycles. The first kappa shape index (κ1) is 14.7. The first-order chi connectivity index (χ1) is 11.3. The van der Waals surface area contributed by atoms with E-state index in [1.54, 1.807) is 0 Å². The number of benzene rings is 2. The van der Waals surface area contributed by atoms with Gasteiger partial charge in [0.05, 0.1) is 6.61 Å². The summed E-state index contributed by atoms with van der Waals surface area (Å²) in [5.74, 6) is 1.03. The van der Waals surface area contributed by atoms with Crippen LogP contribution in [0.3, 0.4) is 0 Å². The van der Waals surface area contributed by atoms with Gasteiger partial charge in [-0.15, -0.1) is 0 Å². The number of nitrogens with two attached hydrogens (primary N) is 1. The topological polar surface area (TPSA) is 44.5 Å². The Bertz CT molecular complexity index is 705. The lowest BCUT2D eigenvalue weighted by atomic mass is 9.73. The summed E-state index contributed by atoms with van der Waals surface area (Å²) in [6, 6.07) is 15.3. The van der Waals surface area contributed by atoms with Crippen LogP contribution in [-0.4, -0.2) is 26.4 Å². The van der Waals surface area contributed by atoms with E-state index < -0.39 is 0 Å². The third-order valence-corrected chi connectivity index (χ3v) is 5.37. The SMILES string of the molecule is NCC1(c2cccc(-c3cccc4c3CCO4)c2)CCOCC1. The third-order valence-electron chi connectivity index (χ3n) is 5.37. The molecule has 3 nitrogen and oxygen atoms in total. The van der Waals surface area contributed by atoms with Gasteiger partial charge in [0.1, 0.15) is 5.75 Å². The maximum absolute atomic E-state index is 6.17. The van der Waals surface area contributed by atoms with Crippen LogP contribution in [-0.2, 0) is 16.6 Å². The van der Waals surface area contributed by atoms with Gasteiger partial charge in [-0.3, -0.25) is 0 Å². The fraction of sp³-hybridized carbons (Fsp3) is 0.400. The van der Waals surface area contributed by atoms with Crippen LogP contribution in [0.15, 0.2) is 42.5 Å². The molecule has 2 aliphatic heterocycles. The summed E-state index contributed by atoms with van der Waals surface area (Å²) >= 11 is 0. The number of ether oxygens (including phenoxy) is 2. The molecule has 0 radical (unpaired) electrons. The Morgan fingerprint density at radius 1 is 1.00 bits per heavy atom. The first-order valence-corrected chi connectivity index (χ1v) is 8.46. The molecule has 3 heteroatoms. The van der Waals surface area contributed by atoms with Crippen molar-refractivity contribution in [1.82, 2.24) is 0 Å². The minimum Gasteiger partial charge on any atom is -0.493 e. The lowest BCUT2D eigenvalue weighted by Gasteiger charge is -2.37. The second-order valence-electron chi connectivity index (χ2n) is 6.56. The van der Waals surface area contributed by atoms with Crippen LogP contribution in [0.1, 0.15) is 24.0 Å². The zero-order valence-electron chi connectivity index (χ0n) is 13.4. The van der Waals surface area contributed by atoms with Crippen molar-refractivity contribution >= 4 is 0 Å². The second kappa shape index (κ2) is 5.99. The molecule has 2 aliphatic rings. The number of hydrogen-bond acceptors (Lipinski definition) is 3. The van der Waals surface area contributed by atoms with Crippen molar-refractivity contribution in [2.24, 2.45) is 5.73 Å². The smallest absolute Gasteiger partial charge is 0.123 e. The van der Waals surface area contributed by atoms with Gasteiger partial charge in [-0.05, 0) is 35.6 Å². The number of hydrogen-bond donors (Lipinski definition) is 1. The highest BCUT2D eigenvalue weighted by molar-refractivity contribution is 5.71. The quantitative estimate of drug-likeness (QED) is 0.946. The van der Waals surface area contributed by atoms with Crippen molar-refractivity contribution in [3.05, 3.63) is 53.6 Å². The molecule has 120 valence electrons. The first-order valence-electron chi connectivity index (χ1n) is 8.46. The van der Waals surface area contributed by atoms with Gasteiger partial charge in [-0.2, -0.15) is 0 Å². The van der Waals surface area contributed by atoms with Gasteiger partial charge >= 0.3 is 0 Å². The van der Waals surface area contributed by atoms with Crippen molar-refractivity contribution in [3.8, 4) is 16.9 Å². The fourth-order valence-electron chi connectivity index (χ4n) is 3.88. The van der Waals surface area contributed by atoms with Crippen LogP contribution in [0.4, 0.5) is 0 Å². The predicted octanol–water partition coefficient (Wildman–Crippen LogP) is 3.30. The number of fused-ring (bicyclic) bond motifs is 1. The summed E-state index contributed by atoms with van der Waals surface area (Å²) in [5.41, 5.74) is 11.5. The maximum Gasteiger partial charge on any atom is 0.123 e. The number of rotatable bonds is 3. The van der Waals surface area contributed by atoms with E-state index >= 15 is 0 Å². The molecular formula is C20H23NO2. The van der Waals surface area contributed by atoms with E-state index in [1.165, 1.54) is 22.3 Å². The molecule has 4 rings (SSSR count). The minimum atomic E-state index is 0.0582. The molecule has 0 unspecified atom stereocenters. The monoisotopic (exact) mass is 309 g/mol. The molecule has 0 spiro atoms. The highest BCUT2D eigenvalue weighted by Gasteiger charge is 2.33. The third kappa shape index (κ3) is 2.54. The molecule has 1 saturated heterocycles. The molecule has 0 aliphatic carbocycles. The van der Waals surface area contributed by atoms with Crippen LogP contribution < -0.4 is 10.5 Å². The zero-order chi connectivity index (χ0) is 15.7. The standard InChI is InChI=1S/C20H23NO2/c21-14-20(8-11-22-12-9-20)16-4-1-3-15(13-16)17-5-2-6-19-18(17)7-10-23-19/h1-6,13H,7-12,14,21H2. The molecule has 0 amide bonds. The van der Waals surface area contributed by atoms with Gasteiger partial charge in [0, 0.05) is 37.2 Å². The molecule has 2 heterocycles. The maximum atomic E-state index is 6.17. The summed E-state index contributed by atoms with van der Waals surface area (Å²) in [4.78, 5) is 0. The molecule has 1 fully saturated rings. The molecule has 23 heavy (non-hydrogen) atoms. The highest BCUT2D eigenvalue weighted by atomic mass is 16.5. The summed E-state index contributed by atoms with van der Waals surface area (Å²) in [6.45, 7) is 3.07. The molecular weight excluding hydrogens is 286 g/mol. The lowest BCUT2D eigenvalue weighted by molar-refractivity contribution is 0.0530. The fourth-order valence-corrected chi connectivity index (χ4v) is 3.88. The van der Waals surface area contributed by atoms with E-state index in [1.807, 2.05) is 0 Å². The summed E-state index contributed by atoms with van der Waals surface area (Å²) in [6.07, 6.45) is 3.00. The Hall–Kier alpha value is -1.84. The average molecular weight is 309 g/mol. The Kier molecular flexibility index (Phi) is 3.83. The molecule has 0 atom stereocenters. The summed E-state index contributed by atoms with van der Waals surface area (Å²) < 4.78 is 11.3. The van der Waals surface area contributed by atoms with Gasteiger partial charge in [0.15, 0.2) is 0 Å². The van der Waals surface area contributed by atoms with E-state index in [2.05, 4.69) is 42.5 Å². The predicted molar refractivity (Wildman–Crippen MR) is 91.9 cm³/mol. The molecule has 2 aromatic rings. The van der Waals surface area contributed by atoms with Crippen molar-refractivity contribution < 1.29 is 9.47 Å². The molecule has 2 N–H and O–H groups in total. The summed E-state index contributed by atoms with van der Waals surface area (Å²) in [5, 5.41) is 0. The van der Waals surface area contributed by atoms with Crippen LogP contribution >= 0.6 is 0 Å². The van der Waals surface area contributed by atoms with E-state index in [0.717, 1.165) is 44.8 Å². The van der Waals surface area contributed by atoms with Gasteiger partial charge in [-0.1, -0.05) is 36.4 Å². The Balaban J connectivity index is 1.76. The molecule has 0 bridgehead atoms. The largest absolute Gasteiger partial charge is 0.493 e. The van der Waals surface area contributed by atoms with E-state index in [9.17, 15) is 0 Å². The van der Waals surface area contributed by atoms with E-state index in [-0.39, 0.29) is 5.41 Å². The molecule has 2 aromatic carbocycles. The van der Waals surface area contributed by atoms with Crippen molar-refractivity contribution in [3.63, 3.8) is 0 Å². The van der Waals surface area contributed by atoms with E-state index in [4.69, 9.17) is 15.2 Å². The average Bonchev–Trinajstić information content (AvgIpc) is 3.11. The summed E-state index contributed by atoms with van der Waals surface area (Å²) in [7, 11) is 0. The Labute approximate surface area is 137 Å². The molecule has 0 saturated carbocycles. The van der Waals surface area contributed by atoms with Crippen molar-refractivity contribution in [2.75, 3.05) is 26.4 Å². The lowest BCUT2D eigenvalue weighted by Crippen LogP contribution is -2.40. The zero-order valence-corrected chi connectivity index (χ0v) is 13.4. The van der Waals surface area contributed by atoms with E-state index in [0.29, 0.717) is 6.54 Å².